The van der Waals surface area contributed by atoms with Crippen molar-refractivity contribution in [3.05, 3.63) is 114 Å². The highest BCUT2D eigenvalue weighted by Gasteiger charge is 2.30. The van der Waals surface area contributed by atoms with Crippen LogP contribution in [-0.4, -0.2) is 35.9 Å². The molecule has 0 aliphatic rings. The van der Waals surface area contributed by atoms with Crippen molar-refractivity contribution in [1.82, 2.24) is 10.2 Å². The second-order valence-corrected chi connectivity index (χ2v) is 9.26. The molecular weight excluding hydrogens is 479 g/mol. The number of ether oxygens (including phenoxy) is 1. The third-order valence-electron chi connectivity index (χ3n) is 6.47. The number of nitrogens with zero attached hydrogens (tertiary/aromatic N) is 1. The predicted octanol–water partition coefficient (Wildman–Crippen LogP) is 5.91. The van der Waals surface area contributed by atoms with Gasteiger partial charge in [-0.3, -0.25) is 9.59 Å². The van der Waals surface area contributed by atoms with E-state index < -0.39 is 6.04 Å². The molecule has 0 bridgehead atoms. The van der Waals surface area contributed by atoms with Crippen LogP contribution in [0.15, 0.2) is 97.1 Å². The van der Waals surface area contributed by atoms with E-state index in [1.54, 1.807) is 17.0 Å². The van der Waals surface area contributed by atoms with Crippen LogP contribution >= 0.6 is 0 Å². The molecule has 0 aliphatic carbocycles. The maximum absolute atomic E-state index is 13.7. The number of nitrogens with one attached hydrogen (secondary N) is 1. The summed E-state index contributed by atoms with van der Waals surface area (Å²) in [7, 11) is 0. The number of unbranched alkanes of at least 4 members (excludes halogenated alkanes) is 1. The lowest BCUT2D eigenvalue weighted by Crippen LogP contribution is -2.51. The number of hydrogen-bond donors (Lipinski definition) is 1. The Morgan fingerprint density at radius 3 is 2.34 bits per heavy atom. The van der Waals surface area contributed by atoms with Crippen molar-refractivity contribution in [3.8, 4) is 5.75 Å². The fraction of sp³-hybridized carbons (Fsp3) is 0.250. The summed E-state index contributed by atoms with van der Waals surface area (Å²) >= 11 is 0. The Bertz CT molecular complexity index is 1340. The fourth-order valence-corrected chi connectivity index (χ4v) is 4.39. The van der Waals surface area contributed by atoms with Gasteiger partial charge in [0.05, 0.1) is 0 Å². The van der Waals surface area contributed by atoms with E-state index in [9.17, 15) is 14.0 Å². The lowest BCUT2D eigenvalue weighted by Gasteiger charge is -2.31. The Morgan fingerprint density at radius 2 is 1.58 bits per heavy atom. The number of benzene rings is 4. The van der Waals surface area contributed by atoms with Gasteiger partial charge in [-0.05, 0) is 41.1 Å². The molecule has 6 heteroatoms. The number of rotatable bonds is 12. The smallest absolute Gasteiger partial charge is 0.261 e. The molecular formula is C32H33FN2O3. The predicted molar refractivity (Wildman–Crippen MR) is 148 cm³/mol. The molecule has 4 aromatic carbocycles. The zero-order valence-corrected chi connectivity index (χ0v) is 21.6. The van der Waals surface area contributed by atoms with E-state index in [1.165, 1.54) is 12.1 Å². The van der Waals surface area contributed by atoms with Crippen LogP contribution in [0.2, 0.25) is 0 Å². The van der Waals surface area contributed by atoms with E-state index in [0.717, 1.165) is 34.7 Å². The Kier molecular flexibility index (Phi) is 9.46. The van der Waals surface area contributed by atoms with Crippen molar-refractivity contribution in [2.45, 2.75) is 38.8 Å². The van der Waals surface area contributed by atoms with E-state index in [2.05, 4.69) is 12.2 Å². The van der Waals surface area contributed by atoms with Crippen molar-refractivity contribution in [1.29, 1.82) is 0 Å². The molecule has 0 fully saturated rings. The first-order chi connectivity index (χ1) is 18.5. The maximum Gasteiger partial charge on any atom is 0.261 e. The Balaban J connectivity index is 1.62. The van der Waals surface area contributed by atoms with E-state index in [4.69, 9.17) is 4.74 Å². The van der Waals surface area contributed by atoms with Crippen molar-refractivity contribution in [3.63, 3.8) is 0 Å². The SMILES string of the molecule is CCCCNC(=O)[C@@H](Cc1ccccc1)N(Cc1ccc(F)cc1)C(=O)COc1cccc2ccccc12. The van der Waals surface area contributed by atoms with Gasteiger partial charge in [-0.15, -0.1) is 0 Å². The van der Waals surface area contributed by atoms with Crippen molar-refractivity contribution >= 4 is 22.6 Å². The molecule has 0 aromatic heterocycles. The summed E-state index contributed by atoms with van der Waals surface area (Å²) < 4.78 is 19.6. The topological polar surface area (TPSA) is 58.6 Å². The molecule has 1 atom stereocenters. The quantitative estimate of drug-likeness (QED) is 0.240. The van der Waals surface area contributed by atoms with Crippen LogP contribution in [0, 0.1) is 5.82 Å². The second kappa shape index (κ2) is 13.4. The molecule has 0 aliphatic heterocycles. The first-order valence-corrected chi connectivity index (χ1v) is 13.0. The zero-order chi connectivity index (χ0) is 26.7. The lowest BCUT2D eigenvalue weighted by molar-refractivity contribution is -0.142. The van der Waals surface area contributed by atoms with Gasteiger partial charge in [0.25, 0.3) is 5.91 Å². The van der Waals surface area contributed by atoms with Crippen molar-refractivity contribution in [2.24, 2.45) is 0 Å². The van der Waals surface area contributed by atoms with Gasteiger partial charge in [0.2, 0.25) is 5.91 Å². The van der Waals surface area contributed by atoms with Gasteiger partial charge in [0, 0.05) is 24.9 Å². The minimum Gasteiger partial charge on any atom is -0.483 e. The lowest BCUT2D eigenvalue weighted by atomic mass is 10.0. The summed E-state index contributed by atoms with van der Waals surface area (Å²) in [5, 5.41) is 4.92. The highest BCUT2D eigenvalue weighted by atomic mass is 19.1. The number of hydrogen-bond acceptors (Lipinski definition) is 3. The van der Waals surface area contributed by atoms with Gasteiger partial charge in [0.15, 0.2) is 6.61 Å². The molecule has 0 saturated carbocycles. The van der Waals surface area contributed by atoms with Crippen LogP contribution < -0.4 is 10.1 Å². The minimum absolute atomic E-state index is 0.150. The summed E-state index contributed by atoms with van der Waals surface area (Å²) in [5.74, 6) is -0.300. The minimum atomic E-state index is -0.761. The normalized spacial score (nSPS) is 11.6. The van der Waals surface area contributed by atoms with Gasteiger partial charge in [0.1, 0.15) is 17.6 Å². The molecule has 0 unspecified atom stereocenters. The van der Waals surface area contributed by atoms with Gasteiger partial charge in [-0.1, -0.05) is 92.2 Å². The standard InChI is InChI=1S/C32H33FN2O3/c1-2-3-20-34-32(37)29(21-24-10-5-4-6-11-24)35(22-25-16-18-27(33)19-17-25)31(36)23-38-30-15-9-13-26-12-7-8-14-28(26)30/h4-19,29H,2-3,20-23H2,1H3,(H,34,37)/t29-/m1/s1. The number of fused-ring (bicyclic) bond motifs is 1. The summed E-state index contributed by atoms with van der Waals surface area (Å²) in [5.41, 5.74) is 1.67. The van der Waals surface area contributed by atoms with Crippen LogP contribution in [0.3, 0.4) is 0 Å². The summed E-state index contributed by atoms with van der Waals surface area (Å²) in [6.45, 7) is 2.51. The molecule has 1 N–H and O–H groups in total. The molecule has 2 amide bonds. The van der Waals surface area contributed by atoms with Gasteiger partial charge in [-0.25, -0.2) is 4.39 Å². The number of carbonyl (C=O) groups excluding carboxylic acids is 2. The number of carbonyl (C=O) groups is 2. The van der Waals surface area contributed by atoms with Gasteiger partial charge < -0.3 is 15.0 Å². The van der Waals surface area contributed by atoms with Crippen LogP contribution in [0.5, 0.6) is 5.75 Å². The third kappa shape index (κ3) is 7.19. The van der Waals surface area contributed by atoms with Crippen LogP contribution in [-0.2, 0) is 22.6 Å². The number of amides is 2. The van der Waals surface area contributed by atoms with Crippen molar-refractivity contribution in [2.75, 3.05) is 13.2 Å². The Morgan fingerprint density at radius 1 is 0.868 bits per heavy atom. The third-order valence-corrected chi connectivity index (χ3v) is 6.47. The molecule has 4 aromatic rings. The average molecular weight is 513 g/mol. The summed E-state index contributed by atoms with van der Waals surface area (Å²) in [4.78, 5) is 28.7. The molecule has 0 spiro atoms. The largest absolute Gasteiger partial charge is 0.483 e. The Hall–Kier alpha value is -4.19. The van der Waals surface area contributed by atoms with E-state index in [0.29, 0.717) is 18.7 Å². The van der Waals surface area contributed by atoms with Crippen molar-refractivity contribution < 1.29 is 18.7 Å². The van der Waals surface area contributed by atoms with E-state index in [-0.39, 0.29) is 30.8 Å². The molecule has 0 heterocycles. The van der Waals surface area contributed by atoms with Crippen LogP contribution in [0.25, 0.3) is 10.8 Å². The molecule has 0 saturated heterocycles. The first kappa shape index (κ1) is 26.9. The van der Waals surface area contributed by atoms with Crippen LogP contribution in [0.1, 0.15) is 30.9 Å². The second-order valence-electron chi connectivity index (χ2n) is 9.26. The van der Waals surface area contributed by atoms with E-state index >= 15 is 0 Å². The number of halogens is 1. The Labute approximate surface area is 223 Å². The molecule has 0 radical (unpaired) electrons. The zero-order valence-electron chi connectivity index (χ0n) is 21.6. The monoisotopic (exact) mass is 512 g/mol. The highest BCUT2D eigenvalue weighted by molar-refractivity contribution is 5.90. The maximum atomic E-state index is 13.7. The molecule has 4 rings (SSSR count). The summed E-state index contributed by atoms with van der Waals surface area (Å²) in [6, 6.07) is 28.4. The summed E-state index contributed by atoms with van der Waals surface area (Å²) in [6.07, 6.45) is 2.14. The van der Waals surface area contributed by atoms with Gasteiger partial charge in [-0.2, -0.15) is 0 Å². The highest BCUT2D eigenvalue weighted by Crippen LogP contribution is 2.25. The van der Waals surface area contributed by atoms with Gasteiger partial charge >= 0.3 is 0 Å². The molecule has 196 valence electrons. The first-order valence-electron chi connectivity index (χ1n) is 13.0. The molecule has 38 heavy (non-hydrogen) atoms. The molecule has 5 nitrogen and oxygen atoms in total. The fourth-order valence-electron chi connectivity index (χ4n) is 4.39. The average Bonchev–Trinajstić information content (AvgIpc) is 2.95. The van der Waals surface area contributed by atoms with Crippen LogP contribution in [0.4, 0.5) is 4.39 Å². The van der Waals surface area contributed by atoms with E-state index in [1.807, 2.05) is 72.8 Å².